The van der Waals surface area contributed by atoms with Crippen LogP contribution < -0.4 is 10.6 Å². The van der Waals surface area contributed by atoms with Gasteiger partial charge in [-0.05, 0) is 35.0 Å². The highest BCUT2D eigenvalue weighted by Crippen LogP contribution is 2.12. The molecule has 0 unspecified atom stereocenters. The van der Waals surface area contributed by atoms with Gasteiger partial charge in [0.1, 0.15) is 10.4 Å². The van der Waals surface area contributed by atoms with Crippen LogP contribution in [0, 0.1) is 6.92 Å². The Hall–Kier alpha value is -2.02. The Balaban J connectivity index is 2.20. The first-order valence-corrected chi connectivity index (χ1v) is 6.33. The molecule has 1 amide bonds. The van der Waals surface area contributed by atoms with Crippen molar-refractivity contribution in [1.29, 1.82) is 0 Å². The van der Waals surface area contributed by atoms with E-state index in [1.165, 1.54) is 12.4 Å². The number of nitrogens with zero attached hydrogens (tertiary/aromatic N) is 3. The number of amides is 1. The Labute approximate surface area is 118 Å². The lowest BCUT2D eigenvalue weighted by Gasteiger charge is -2.07. The van der Waals surface area contributed by atoms with E-state index in [2.05, 4.69) is 41.5 Å². The minimum atomic E-state index is -0.251. The highest BCUT2D eigenvalue weighted by molar-refractivity contribution is 9.10. The maximum Gasteiger partial charge on any atom is 0.257 e. The highest BCUT2D eigenvalue weighted by Gasteiger charge is 2.09. The molecule has 19 heavy (non-hydrogen) atoms. The fourth-order valence-electron chi connectivity index (χ4n) is 1.49. The molecule has 0 spiro atoms. The lowest BCUT2D eigenvalue weighted by molar-refractivity contribution is 0.102. The van der Waals surface area contributed by atoms with E-state index < -0.39 is 0 Å². The zero-order chi connectivity index (χ0) is 13.8. The molecule has 7 heteroatoms. The standard InChI is InChI=1S/C12H12BrN5O/c1-7-3-8(4-10(14-2)17-7)12(19)18-11-6-15-9(13)5-16-11/h3-6H,1-2H3,(H,14,17)(H,16,18,19). The first kappa shape index (κ1) is 13.4. The van der Waals surface area contributed by atoms with Crippen molar-refractivity contribution in [2.24, 2.45) is 0 Å². The second-order valence-electron chi connectivity index (χ2n) is 3.81. The van der Waals surface area contributed by atoms with Gasteiger partial charge in [0.15, 0.2) is 5.82 Å². The summed E-state index contributed by atoms with van der Waals surface area (Å²) in [4.78, 5) is 24.3. The first-order chi connectivity index (χ1) is 9.08. The molecule has 0 saturated heterocycles. The number of aryl methyl sites for hydroxylation is 1. The third-order valence-electron chi connectivity index (χ3n) is 2.33. The Morgan fingerprint density at radius 3 is 2.63 bits per heavy atom. The van der Waals surface area contributed by atoms with Crippen LogP contribution in [0.25, 0.3) is 0 Å². The summed E-state index contributed by atoms with van der Waals surface area (Å²) in [6, 6.07) is 3.39. The van der Waals surface area contributed by atoms with E-state index in [4.69, 9.17) is 0 Å². The zero-order valence-electron chi connectivity index (χ0n) is 10.4. The predicted molar refractivity (Wildman–Crippen MR) is 76.2 cm³/mol. The van der Waals surface area contributed by atoms with Crippen molar-refractivity contribution in [1.82, 2.24) is 15.0 Å². The van der Waals surface area contributed by atoms with E-state index in [1.54, 1.807) is 19.2 Å². The van der Waals surface area contributed by atoms with Crippen molar-refractivity contribution in [2.75, 3.05) is 17.7 Å². The van der Waals surface area contributed by atoms with Gasteiger partial charge >= 0.3 is 0 Å². The lowest BCUT2D eigenvalue weighted by Crippen LogP contribution is -2.14. The molecule has 0 aliphatic rings. The minimum absolute atomic E-state index is 0.251. The normalized spacial score (nSPS) is 10.1. The fourth-order valence-corrected chi connectivity index (χ4v) is 1.70. The van der Waals surface area contributed by atoms with E-state index in [-0.39, 0.29) is 5.91 Å². The summed E-state index contributed by atoms with van der Waals surface area (Å²) in [5, 5.41) is 5.58. The molecule has 2 aromatic heterocycles. The summed E-state index contributed by atoms with van der Waals surface area (Å²) in [7, 11) is 1.75. The average molecular weight is 322 g/mol. The van der Waals surface area contributed by atoms with Crippen LogP contribution in [0.15, 0.2) is 29.1 Å². The van der Waals surface area contributed by atoms with Gasteiger partial charge in [-0.3, -0.25) is 4.79 Å². The van der Waals surface area contributed by atoms with Crippen molar-refractivity contribution < 1.29 is 4.79 Å². The van der Waals surface area contributed by atoms with Crippen LogP contribution in [0.5, 0.6) is 0 Å². The molecule has 0 fully saturated rings. The molecule has 0 atom stereocenters. The molecular formula is C12H12BrN5O. The number of pyridine rings is 1. The number of aromatic nitrogens is 3. The van der Waals surface area contributed by atoms with Crippen LogP contribution >= 0.6 is 15.9 Å². The fraction of sp³-hybridized carbons (Fsp3) is 0.167. The number of nitrogens with one attached hydrogen (secondary N) is 2. The molecule has 2 N–H and O–H groups in total. The summed E-state index contributed by atoms with van der Waals surface area (Å²) in [6.45, 7) is 1.83. The summed E-state index contributed by atoms with van der Waals surface area (Å²) < 4.78 is 0.614. The third kappa shape index (κ3) is 3.47. The average Bonchev–Trinajstić information content (AvgIpc) is 2.40. The van der Waals surface area contributed by atoms with Gasteiger partial charge in [0.05, 0.1) is 12.4 Å². The Morgan fingerprint density at radius 2 is 2.00 bits per heavy atom. The van der Waals surface area contributed by atoms with Gasteiger partial charge in [-0.15, -0.1) is 0 Å². The Morgan fingerprint density at radius 1 is 1.21 bits per heavy atom. The topological polar surface area (TPSA) is 79.8 Å². The quantitative estimate of drug-likeness (QED) is 0.906. The van der Waals surface area contributed by atoms with E-state index >= 15 is 0 Å². The van der Waals surface area contributed by atoms with Gasteiger partial charge in [0.25, 0.3) is 5.91 Å². The van der Waals surface area contributed by atoms with Crippen molar-refractivity contribution >= 4 is 33.5 Å². The summed E-state index contributed by atoms with van der Waals surface area (Å²) in [6.07, 6.45) is 3.00. The minimum Gasteiger partial charge on any atom is -0.373 e. The molecule has 0 bridgehead atoms. The molecule has 0 aliphatic carbocycles. The van der Waals surface area contributed by atoms with Gasteiger partial charge in [-0.25, -0.2) is 15.0 Å². The highest BCUT2D eigenvalue weighted by atomic mass is 79.9. The van der Waals surface area contributed by atoms with E-state index in [0.717, 1.165) is 5.69 Å². The van der Waals surface area contributed by atoms with Crippen molar-refractivity contribution in [3.05, 3.63) is 40.4 Å². The maximum absolute atomic E-state index is 12.1. The summed E-state index contributed by atoms with van der Waals surface area (Å²) in [5.41, 5.74) is 1.28. The van der Waals surface area contributed by atoms with E-state index in [0.29, 0.717) is 21.8 Å². The van der Waals surface area contributed by atoms with Crippen LogP contribution in [0.2, 0.25) is 0 Å². The van der Waals surface area contributed by atoms with E-state index in [9.17, 15) is 4.79 Å². The van der Waals surface area contributed by atoms with Gasteiger partial charge in [-0.1, -0.05) is 0 Å². The number of hydrogen-bond acceptors (Lipinski definition) is 5. The van der Waals surface area contributed by atoms with Crippen LogP contribution in [-0.4, -0.2) is 27.9 Å². The van der Waals surface area contributed by atoms with Crippen LogP contribution in [-0.2, 0) is 0 Å². The molecule has 2 aromatic rings. The Kier molecular flexibility index (Phi) is 4.06. The molecular weight excluding hydrogens is 310 g/mol. The van der Waals surface area contributed by atoms with Crippen LogP contribution in [0.3, 0.4) is 0 Å². The number of anilines is 2. The summed E-state index contributed by atoms with van der Waals surface area (Å²) >= 11 is 3.18. The van der Waals surface area contributed by atoms with Crippen LogP contribution in [0.4, 0.5) is 11.6 Å². The molecule has 0 aliphatic heterocycles. The SMILES string of the molecule is CNc1cc(C(=O)Nc2cnc(Br)cn2)cc(C)n1. The molecule has 0 saturated carbocycles. The predicted octanol–water partition coefficient (Wildman–Crippen LogP) is 2.24. The second-order valence-corrected chi connectivity index (χ2v) is 4.62. The number of carbonyl (C=O) groups excluding carboxylic acids is 1. The number of carbonyl (C=O) groups is 1. The third-order valence-corrected chi connectivity index (χ3v) is 2.74. The summed E-state index contributed by atoms with van der Waals surface area (Å²) in [5.74, 6) is 0.791. The molecule has 2 heterocycles. The lowest BCUT2D eigenvalue weighted by atomic mass is 10.2. The molecule has 0 aromatic carbocycles. The molecule has 6 nitrogen and oxygen atoms in total. The van der Waals surface area contributed by atoms with Gasteiger partial charge in [-0.2, -0.15) is 0 Å². The monoisotopic (exact) mass is 321 g/mol. The Bertz CT molecular complexity index is 600. The molecule has 98 valence electrons. The zero-order valence-corrected chi connectivity index (χ0v) is 12.0. The molecule has 0 radical (unpaired) electrons. The second kappa shape index (κ2) is 5.75. The van der Waals surface area contributed by atoms with E-state index in [1.807, 2.05) is 6.92 Å². The van der Waals surface area contributed by atoms with Crippen molar-refractivity contribution in [3.8, 4) is 0 Å². The first-order valence-electron chi connectivity index (χ1n) is 5.54. The van der Waals surface area contributed by atoms with Gasteiger partial charge in [0, 0.05) is 18.3 Å². The smallest absolute Gasteiger partial charge is 0.257 e. The van der Waals surface area contributed by atoms with Crippen LogP contribution in [0.1, 0.15) is 16.1 Å². The van der Waals surface area contributed by atoms with Crippen molar-refractivity contribution in [3.63, 3.8) is 0 Å². The maximum atomic E-state index is 12.1. The number of hydrogen-bond donors (Lipinski definition) is 2. The molecule has 2 rings (SSSR count). The van der Waals surface area contributed by atoms with Crippen molar-refractivity contribution in [2.45, 2.75) is 6.92 Å². The van der Waals surface area contributed by atoms with Gasteiger partial charge in [0.2, 0.25) is 0 Å². The largest absolute Gasteiger partial charge is 0.373 e. The van der Waals surface area contributed by atoms with Gasteiger partial charge < -0.3 is 10.6 Å². The number of halogens is 1. The number of rotatable bonds is 3.